The zero-order valence-corrected chi connectivity index (χ0v) is 10.4. The largest absolute Gasteiger partial charge is 0.476 e. The minimum absolute atomic E-state index is 0.0648. The number of nitrogens with one attached hydrogen (secondary N) is 1. The summed E-state index contributed by atoms with van der Waals surface area (Å²) in [5.74, 6) is -1.07. The maximum atomic E-state index is 12.0. The summed E-state index contributed by atoms with van der Waals surface area (Å²) in [6.45, 7) is 0. The lowest BCUT2D eigenvalue weighted by atomic mass is 10.2. The van der Waals surface area contributed by atoms with Gasteiger partial charge in [0.25, 0.3) is 0 Å². The zero-order chi connectivity index (χ0) is 15.3. The average Bonchev–Trinajstić information content (AvgIpc) is 2.86. The van der Waals surface area contributed by atoms with E-state index in [0.717, 1.165) is 24.4 Å². The molecule has 2 aromatic rings. The Morgan fingerprint density at radius 3 is 2.40 bits per heavy atom. The monoisotopic (exact) mass is 308 g/mol. The lowest BCUT2D eigenvalue weighted by Crippen LogP contribution is -2.04. The van der Waals surface area contributed by atoms with Crippen LogP contribution in [0.25, 0.3) is 0 Å². The Labute approximate surface area is 115 Å². The number of alkyl halides is 3. The zero-order valence-electron chi connectivity index (χ0n) is 9.65. The molecule has 2 rings (SSSR count). The number of benzene rings is 1. The third kappa shape index (κ3) is 4.43. The van der Waals surface area contributed by atoms with Crippen LogP contribution < -0.4 is 5.73 Å². The minimum atomic E-state index is -4.36. The van der Waals surface area contributed by atoms with Gasteiger partial charge in [-0.15, -0.1) is 5.10 Å². The van der Waals surface area contributed by atoms with Crippen molar-refractivity contribution >= 4 is 23.3 Å². The van der Waals surface area contributed by atoms with Gasteiger partial charge in [-0.25, -0.2) is 4.79 Å². The van der Waals surface area contributed by atoms with E-state index in [1.165, 1.54) is 0 Å². The third-order valence-corrected chi connectivity index (χ3v) is 2.29. The number of aromatic nitrogens is 3. The molecule has 108 valence electrons. The van der Waals surface area contributed by atoms with Gasteiger partial charge < -0.3 is 10.8 Å². The van der Waals surface area contributed by atoms with E-state index in [0.29, 0.717) is 0 Å². The summed E-state index contributed by atoms with van der Waals surface area (Å²) in [6.07, 6.45) is -3.22. The average molecular weight is 309 g/mol. The van der Waals surface area contributed by atoms with Gasteiger partial charge in [-0.2, -0.15) is 23.5 Å². The van der Waals surface area contributed by atoms with E-state index in [1.54, 1.807) is 0 Å². The highest BCUT2D eigenvalue weighted by molar-refractivity contribution is 6.33. The van der Waals surface area contributed by atoms with Gasteiger partial charge in [-0.3, -0.25) is 0 Å². The first-order valence-corrected chi connectivity index (χ1v) is 5.31. The first-order chi connectivity index (χ1) is 9.21. The Hall–Kier alpha value is -2.29. The number of nitrogen functional groups attached to an aromatic ring is 1. The van der Waals surface area contributed by atoms with Crippen molar-refractivity contribution in [2.75, 3.05) is 5.73 Å². The molecule has 0 fully saturated rings. The molecule has 0 aliphatic heterocycles. The maximum absolute atomic E-state index is 12.0. The van der Waals surface area contributed by atoms with Gasteiger partial charge in [0, 0.05) is 0 Å². The number of carboxylic acid groups (broad SMARTS) is 1. The van der Waals surface area contributed by atoms with E-state index < -0.39 is 17.7 Å². The van der Waals surface area contributed by atoms with Gasteiger partial charge in [0.2, 0.25) is 0 Å². The van der Waals surface area contributed by atoms with Gasteiger partial charge >= 0.3 is 12.1 Å². The second-order valence-electron chi connectivity index (χ2n) is 3.39. The molecule has 0 saturated carbocycles. The topological polar surface area (TPSA) is 105 Å². The number of nitrogens with zero attached hydrogens (tertiary/aromatic N) is 2. The number of halogens is 4. The van der Waals surface area contributed by atoms with Crippen LogP contribution in [0.3, 0.4) is 0 Å². The summed E-state index contributed by atoms with van der Waals surface area (Å²) < 4.78 is 36.0. The van der Waals surface area contributed by atoms with Crippen molar-refractivity contribution in [3.05, 3.63) is 40.7 Å². The Bertz CT molecular complexity index is 587. The number of aromatic carboxylic acids is 1. The fourth-order valence-electron chi connectivity index (χ4n) is 1.01. The maximum Gasteiger partial charge on any atom is 0.416 e. The van der Waals surface area contributed by atoms with Crippen molar-refractivity contribution in [1.82, 2.24) is 15.4 Å². The summed E-state index contributed by atoms with van der Waals surface area (Å²) in [7, 11) is 0. The molecule has 10 heteroatoms. The summed E-state index contributed by atoms with van der Waals surface area (Å²) in [4.78, 5) is 9.94. The third-order valence-electron chi connectivity index (χ3n) is 1.96. The predicted molar refractivity (Wildman–Crippen MR) is 64.2 cm³/mol. The predicted octanol–water partition coefficient (Wildman–Crippen LogP) is 2.44. The van der Waals surface area contributed by atoms with Crippen LogP contribution in [0.1, 0.15) is 16.1 Å². The van der Waals surface area contributed by atoms with E-state index in [4.69, 9.17) is 22.4 Å². The molecule has 0 atom stereocenters. The Morgan fingerprint density at radius 2 is 2.05 bits per heavy atom. The van der Waals surface area contributed by atoms with E-state index in [1.807, 2.05) is 0 Å². The first-order valence-electron chi connectivity index (χ1n) is 4.93. The van der Waals surface area contributed by atoms with Crippen molar-refractivity contribution < 1.29 is 23.1 Å². The van der Waals surface area contributed by atoms with E-state index in [9.17, 15) is 18.0 Å². The molecule has 0 aliphatic rings. The molecule has 0 unspecified atom stereocenters. The van der Waals surface area contributed by atoms with Crippen LogP contribution in [0.4, 0.5) is 18.9 Å². The fourth-order valence-corrected chi connectivity index (χ4v) is 1.19. The molecule has 0 amide bonds. The highest BCUT2D eigenvalue weighted by Gasteiger charge is 2.30. The SMILES string of the molecule is Nc1ccc(C(F)(F)F)cc1Cl.O=C(O)c1cn[nH]n1. The smallest absolute Gasteiger partial charge is 0.416 e. The quantitative estimate of drug-likeness (QED) is 0.702. The number of carboxylic acids is 1. The lowest BCUT2D eigenvalue weighted by molar-refractivity contribution is -0.137. The van der Waals surface area contributed by atoms with Crippen LogP contribution in [0.5, 0.6) is 0 Å². The standard InChI is InChI=1S/C7H5ClF3N.C3H3N3O2/c8-5-3-4(7(9,10)11)1-2-6(5)12;7-3(8)2-1-4-6-5-2/h1-3H,12H2;1H,(H,7,8)(H,4,5,6). The summed E-state index contributed by atoms with van der Waals surface area (Å²) in [5, 5.41) is 16.8. The van der Waals surface area contributed by atoms with E-state index in [2.05, 4.69) is 15.4 Å². The number of aromatic amines is 1. The van der Waals surface area contributed by atoms with E-state index in [-0.39, 0.29) is 16.4 Å². The molecule has 0 aliphatic carbocycles. The first kappa shape index (κ1) is 15.8. The molecule has 6 nitrogen and oxygen atoms in total. The van der Waals surface area contributed by atoms with Crippen molar-refractivity contribution in [2.45, 2.75) is 6.18 Å². The highest BCUT2D eigenvalue weighted by Crippen LogP contribution is 2.32. The summed E-state index contributed by atoms with van der Waals surface area (Å²) in [6, 6.07) is 2.82. The second-order valence-corrected chi connectivity index (χ2v) is 3.80. The van der Waals surface area contributed by atoms with Gasteiger partial charge in [0.05, 0.1) is 22.5 Å². The van der Waals surface area contributed by atoms with E-state index >= 15 is 0 Å². The molecule has 0 radical (unpaired) electrons. The number of hydrogen-bond donors (Lipinski definition) is 3. The molecular formula is C10H8ClF3N4O2. The van der Waals surface area contributed by atoms with Crippen LogP contribution in [-0.2, 0) is 6.18 Å². The summed E-state index contributed by atoms with van der Waals surface area (Å²) >= 11 is 5.39. The number of carbonyl (C=O) groups is 1. The van der Waals surface area contributed by atoms with Crippen molar-refractivity contribution in [2.24, 2.45) is 0 Å². The number of anilines is 1. The van der Waals surface area contributed by atoms with Crippen molar-refractivity contribution in [3.8, 4) is 0 Å². The Kier molecular flexibility index (Phi) is 4.92. The fraction of sp³-hybridized carbons (Fsp3) is 0.100. The normalized spacial score (nSPS) is 10.6. The van der Waals surface area contributed by atoms with Crippen LogP contribution in [0.2, 0.25) is 5.02 Å². The van der Waals surface area contributed by atoms with Crippen LogP contribution >= 0.6 is 11.6 Å². The van der Waals surface area contributed by atoms with Gasteiger partial charge in [0.1, 0.15) is 0 Å². The number of H-pyrrole nitrogens is 1. The second kappa shape index (κ2) is 6.24. The molecule has 0 saturated heterocycles. The minimum Gasteiger partial charge on any atom is -0.476 e. The Balaban J connectivity index is 0.000000217. The summed E-state index contributed by atoms with van der Waals surface area (Å²) in [5.41, 5.74) is 4.52. The molecule has 1 aromatic heterocycles. The van der Waals surface area contributed by atoms with Gasteiger partial charge in [-0.1, -0.05) is 11.6 Å². The van der Waals surface area contributed by atoms with Gasteiger partial charge in [0.15, 0.2) is 5.69 Å². The molecule has 20 heavy (non-hydrogen) atoms. The molecule has 0 spiro atoms. The number of rotatable bonds is 1. The molecular weight excluding hydrogens is 301 g/mol. The van der Waals surface area contributed by atoms with Crippen LogP contribution in [0, 0.1) is 0 Å². The number of hydrogen-bond acceptors (Lipinski definition) is 4. The Morgan fingerprint density at radius 1 is 1.40 bits per heavy atom. The molecule has 0 bridgehead atoms. The van der Waals surface area contributed by atoms with Crippen molar-refractivity contribution in [1.29, 1.82) is 0 Å². The molecule has 1 aromatic carbocycles. The van der Waals surface area contributed by atoms with Crippen LogP contribution in [0.15, 0.2) is 24.4 Å². The molecule has 4 N–H and O–H groups in total. The highest BCUT2D eigenvalue weighted by atomic mass is 35.5. The number of nitrogens with two attached hydrogens (primary N) is 1. The van der Waals surface area contributed by atoms with Crippen molar-refractivity contribution in [3.63, 3.8) is 0 Å². The van der Waals surface area contributed by atoms with Gasteiger partial charge in [-0.05, 0) is 18.2 Å². The lowest BCUT2D eigenvalue weighted by Gasteiger charge is -2.07. The van der Waals surface area contributed by atoms with Crippen LogP contribution in [-0.4, -0.2) is 26.5 Å². The molecule has 1 heterocycles.